The fourth-order valence-electron chi connectivity index (χ4n) is 1.28. The number of carbonyl (C=O) groups excluding carboxylic acids is 2. The van der Waals surface area contributed by atoms with Gasteiger partial charge >= 0.3 is 6.61 Å². The summed E-state index contributed by atoms with van der Waals surface area (Å²) in [5, 5.41) is 2.51. The number of hydrogen-bond acceptors (Lipinski definition) is 3. The molecule has 0 saturated carbocycles. The van der Waals surface area contributed by atoms with Crippen molar-refractivity contribution in [3.8, 4) is 5.75 Å². The molecular formula is C11H9BrClF2NO3. The molecule has 0 radical (unpaired) electrons. The second-order valence-corrected chi connectivity index (χ2v) is 4.86. The van der Waals surface area contributed by atoms with Crippen LogP contribution in [-0.2, 0) is 9.59 Å². The quantitative estimate of drug-likeness (QED) is 0.820. The zero-order valence-corrected chi connectivity index (χ0v) is 12.0. The molecule has 104 valence electrons. The molecule has 0 saturated heterocycles. The van der Waals surface area contributed by atoms with Gasteiger partial charge in [0, 0.05) is 5.02 Å². The molecule has 1 aromatic rings. The van der Waals surface area contributed by atoms with E-state index in [1.54, 1.807) is 0 Å². The third-order valence-corrected chi connectivity index (χ3v) is 2.71. The third-order valence-electron chi connectivity index (χ3n) is 1.90. The number of nitrogens with one attached hydrogen (secondary N) is 1. The normalized spacial score (nSPS) is 10.4. The van der Waals surface area contributed by atoms with Gasteiger partial charge in [-0.25, -0.2) is 0 Å². The molecule has 1 aromatic carbocycles. The minimum absolute atomic E-state index is 0.0362. The van der Waals surface area contributed by atoms with Crippen molar-refractivity contribution in [3.05, 3.63) is 21.6 Å². The molecule has 0 bridgehead atoms. The lowest BCUT2D eigenvalue weighted by Gasteiger charge is -2.13. The highest BCUT2D eigenvalue weighted by atomic mass is 79.9. The number of rotatable bonds is 5. The molecule has 1 amide bonds. The van der Waals surface area contributed by atoms with E-state index >= 15 is 0 Å². The van der Waals surface area contributed by atoms with Gasteiger partial charge in [-0.2, -0.15) is 8.78 Å². The Morgan fingerprint density at radius 3 is 2.63 bits per heavy atom. The van der Waals surface area contributed by atoms with Crippen LogP contribution in [0, 0.1) is 0 Å². The Labute approximate surface area is 121 Å². The van der Waals surface area contributed by atoms with Crippen molar-refractivity contribution in [2.24, 2.45) is 0 Å². The molecule has 1 rings (SSSR count). The highest BCUT2D eigenvalue weighted by Gasteiger charge is 2.17. The van der Waals surface area contributed by atoms with Gasteiger partial charge in [-0.3, -0.25) is 9.59 Å². The molecular weight excluding hydrogens is 347 g/mol. The van der Waals surface area contributed by atoms with Gasteiger partial charge in [0.05, 0.1) is 16.6 Å². The van der Waals surface area contributed by atoms with Crippen molar-refractivity contribution in [3.63, 3.8) is 0 Å². The summed E-state index contributed by atoms with van der Waals surface area (Å²) < 4.78 is 29.0. The summed E-state index contributed by atoms with van der Waals surface area (Å²) in [6.07, 6.45) is -0.363. The Hall–Kier alpha value is -1.21. The van der Waals surface area contributed by atoms with Crippen molar-refractivity contribution < 1.29 is 23.1 Å². The van der Waals surface area contributed by atoms with E-state index in [1.807, 2.05) is 0 Å². The highest BCUT2D eigenvalue weighted by Crippen LogP contribution is 2.37. The first-order chi connectivity index (χ1) is 8.79. The summed E-state index contributed by atoms with van der Waals surface area (Å²) in [6, 6.07) is 2.60. The van der Waals surface area contributed by atoms with Crippen LogP contribution in [0.1, 0.15) is 13.3 Å². The van der Waals surface area contributed by atoms with Gasteiger partial charge in [-0.1, -0.05) is 11.6 Å². The SMILES string of the molecule is CC(=O)CC(=O)Nc1cc(Cl)cc(Br)c1OC(F)F. The summed E-state index contributed by atoms with van der Waals surface area (Å²) in [7, 11) is 0. The third kappa shape index (κ3) is 5.12. The number of anilines is 1. The van der Waals surface area contributed by atoms with E-state index in [0.717, 1.165) is 0 Å². The van der Waals surface area contributed by atoms with E-state index in [2.05, 4.69) is 26.0 Å². The van der Waals surface area contributed by atoms with Gasteiger partial charge in [-0.15, -0.1) is 0 Å². The van der Waals surface area contributed by atoms with Crippen molar-refractivity contribution >= 4 is 44.9 Å². The number of alkyl halides is 2. The molecule has 0 aliphatic heterocycles. The predicted octanol–water partition coefficient (Wildman–Crippen LogP) is 3.62. The summed E-state index contributed by atoms with van der Waals surface area (Å²) in [5.41, 5.74) is -0.0362. The van der Waals surface area contributed by atoms with Gasteiger partial charge in [0.15, 0.2) is 5.75 Å². The lowest BCUT2D eigenvalue weighted by atomic mass is 10.2. The predicted molar refractivity (Wildman–Crippen MR) is 69.7 cm³/mol. The Kier molecular flexibility index (Phi) is 5.68. The number of benzene rings is 1. The molecule has 0 fully saturated rings. The number of amides is 1. The number of ketones is 1. The molecule has 0 aliphatic carbocycles. The largest absolute Gasteiger partial charge is 0.431 e. The molecule has 0 unspecified atom stereocenters. The first-order valence-corrected chi connectivity index (χ1v) is 6.20. The first kappa shape index (κ1) is 15.8. The monoisotopic (exact) mass is 355 g/mol. The number of halogens is 4. The van der Waals surface area contributed by atoms with Crippen LogP contribution < -0.4 is 10.1 Å². The second-order valence-electron chi connectivity index (χ2n) is 3.57. The summed E-state index contributed by atoms with van der Waals surface area (Å²) >= 11 is 8.76. The van der Waals surface area contributed by atoms with Gasteiger partial charge in [0.25, 0.3) is 0 Å². The number of hydrogen-bond donors (Lipinski definition) is 1. The van der Waals surface area contributed by atoms with E-state index in [1.165, 1.54) is 19.1 Å². The summed E-state index contributed by atoms with van der Waals surface area (Å²) in [6.45, 7) is -1.81. The summed E-state index contributed by atoms with van der Waals surface area (Å²) in [5.74, 6) is -1.24. The maximum Gasteiger partial charge on any atom is 0.387 e. The van der Waals surface area contributed by atoms with Crippen molar-refractivity contribution in [2.75, 3.05) is 5.32 Å². The maximum absolute atomic E-state index is 12.3. The van der Waals surface area contributed by atoms with Crippen molar-refractivity contribution in [1.82, 2.24) is 0 Å². The Morgan fingerprint density at radius 2 is 2.11 bits per heavy atom. The zero-order valence-electron chi connectivity index (χ0n) is 9.68. The Morgan fingerprint density at radius 1 is 1.47 bits per heavy atom. The Balaban J connectivity index is 3.03. The summed E-state index contributed by atoms with van der Waals surface area (Å²) in [4.78, 5) is 22.2. The van der Waals surface area contributed by atoms with Gasteiger partial charge < -0.3 is 10.1 Å². The van der Waals surface area contributed by atoms with Crippen LogP contribution >= 0.6 is 27.5 Å². The van der Waals surface area contributed by atoms with Crippen LogP contribution in [0.5, 0.6) is 5.75 Å². The van der Waals surface area contributed by atoms with Crippen LogP contribution in [0.2, 0.25) is 5.02 Å². The minimum atomic E-state index is -3.05. The zero-order chi connectivity index (χ0) is 14.6. The average Bonchev–Trinajstić information content (AvgIpc) is 2.21. The van der Waals surface area contributed by atoms with Crippen molar-refractivity contribution in [1.29, 1.82) is 0 Å². The van der Waals surface area contributed by atoms with Crippen LogP contribution in [0.4, 0.5) is 14.5 Å². The average molecular weight is 357 g/mol. The fourth-order valence-corrected chi connectivity index (χ4v) is 2.19. The molecule has 0 aromatic heterocycles. The van der Waals surface area contributed by atoms with Crippen LogP contribution in [0.15, 0.2) is 16.6 Å². The topological polar surface area (TPSA) is 55.4 Å². The lowest BCUT2D eigenvalue weighted by Crippen LogP contribution is -2.16. The molecule has 19 heavy (non-hydrogen) atoms. The number of Topliss-reactive ketones (excluding diaryl/α,β-unsaturated/α-hetero) is 1. The Bertz CT molecular complexity index is 511. The van der Waals surface area contributed by atoms with Gasteiger partial charge in [0.1, 0.15) is 5.78 Å². The van der Waals surface area contributed by atoms with E-state index in [0.29, 0.717) is 0 Å². The molecule has 4 nitrogen and oxygen atoms in total. The molecule has 0 spiro atoms. The molecule has 0 heterocycles. The van der Waals surface area contributed by atoms with Crippen LogP contribution in [0.3, 0.4) is 0 Å². The standard InChI is InChI=1S/C11H9BrClF2NO3/c1-5(17)2-9(18)16-8-4-6(13)3-7(12)10(8)19-11(14)15/h3-4,11H,2H2,1H3,(H,16,18). The first-order valence-electron chi connectivity index (χ1n) is 5.02. The molecule has 0 atom stereocenters. The highest BCUT2D eigenvalue weighted by molar-refractivity contribution is 9.10. The molecule has 1 N–H and O–H groups in total. The van der Waals surface area contributed by atoms with Crippen LogP contribution in [0.25, 0.3) is 0 Å². The van der Waals surface area contributed by atoms with E-state index in [-0.39, 0.29) is 33.1 Å². The smallest absolute Gasteiger partial charge is 0.387 e. The molecule has 8 heteroatoms. The number of carbonyl (C=O) groups is 2. The van der Waals surface area contributed by atoms with Crippen molar-refractivity contribution in [2.45, 2.75) is 20.0 Å². The fraction of sp³-hybridized carbons (Fsp3) is 0.273. The van der Waals surface area contributed by atoms with Gasteiger partial charge in [0.2, 0.25) is 5.91 Å². The van der Waals surface area contributed by atoms with E-state index in [4.69, 9.17) is 11.6 Å². The van der Waals surface area contributed by atoms with Crippen LogP contribution in [-0.4, -0.2) is 18.3 Å². The number of ether oxygens (including phenoxy) is 1. The second kappa shape index (κ2) is 6.81. The lowest BCUT2D eigenvalue weighted by molar-refractivity contribution is -0.124. The maximum atomic E-state index is 12.3. The van der Waals surface area contributed by atoms with Gasteiger partial charge in [-0.05, 0) is 35.0 Å². The van der Waals surface area contributed by atoms with E-state index < -0.39 is 12.5 Å². The minimum Gasteiger partial charge on any atom is -0.431 e. The van der Waals surface area contributed by atoms with E-state index in [9.17, 15) is 18.4 Å². The molecule has 0 aliphatic rings.